The number of benzene rings is 2. The Kier molecular flexibility index (Phi) is 5.07. The predicted octanol–water partition coefficient (Wildman–Crippen LogP) is 3.70. The Morgan fingerprint density at radius 1 is 1.04 bits per heavy atom. The van der Waals surface area contributed by atoms with Crippen LogP contribution in [0.2, 0.25) is 0 Å². The van der Waals surface area contributed by atoms with Crippen LogP contribution >= 0.6 is 0 Å². The number of hydrogen-bond acceptors (Lipinski definition) is 3. The van der Waals surface area contributed by atoms with Crippen molar-refractivity contribution >= 4 is 11.8 Å². The van der Waals surface area contributed by atoms with Crippen LogP contribution in [0, 0.1) is 6.92 Å². The summed E-state index contributed by atoms with van der Waals surface area (Å²) in [5.41, 5.74) is 3.36. The maximum absolute atomic E-state index is 13.1. The van der Waals surface area contributed by atoms with Crippen LogP contribution in [0.5, 0.6) is 5.75 Å². The van der Waals surface area contributed by atoms with Crippen molar-refractivity contribution in [3.63, 3.8) is 0 Å². The van der Waals surface area contributed by atoms with Gasteiger partial charge in [-0.3, -0.25) is 9.59 Å². The number of aryl methyl sites for hydroxylation is 1. The summed E-state index contributed by atoms with van der Waals surface area (Å²) < 4.78 is 5.37. The van der Waals surface area contributed by atoms with Crippen molar-refractivity contribution in [3.8, 4) is 5.75 Å². The lowest BCUT2D eigenvalue weighted by Gasteiger charge is -2.23. The Labute approximate surface area is 165 Å². The lowest BCUT2D eigenvalue weighted by molar-refractivity contribution is 0.0729. The molecular formula is C23H26N2O3. The molecule has 2 fully saturated rings. The second kappa shape index (κ2) is 7.66. The van der Waals surface area contributed by atoms with E-state index in [9.17, 15) is 9.59 Å². The Hall–Kier alpha value is -2.82. The SMILES string of the molecule is COc1cc(C(=O)N(Cc2ccc(C(=O)NC3CC3)cc2)C2CC2)ccc1C. The molecule has 0 heterocycles. The molecule has 0 unspecified atom stereocenters. The first kappa shape index (κ1) is 18.5. The fraction of sp³-hybridized carbons (Fsp3) is 0.391. The van der Waals surface area contributed by atoms with Crippen molar-refractivity contribution in [1.29, 1.82) is 0 Å². The molecule has 2 aliphatic carbocycles. The van der Waals surface area contributed by atoms with Gasteiger partial charge in [-0.2, -0.15) is 0 Å². The lowest BCUT2D eigenvalue weighted by Crippen LogP contribution is -2.32. The zero-order chi connectivity index (χ0) is 19.7. The van der Waals surface area contributed by atoms with Gasteiger partial charge in [-0.1, -0.05) is 18.2 Å². The Morgan fingerprint density at radius 2 is 1.71 bits per heavy atom. The molecule has 0 saturated heterocycles. The maximum atomic E-state index is 13.1. The molecule has 4 rings (SSSR count). The average Bonchev–Trinajstić information content (AvgIpc) is 3.61. The maximum Gasteiger partial charge on any atom is 0.254 e. The van der Waals surface area contributed by atoms with E-state index in [1.54, 1.807) is 7.11 Å². The van der Waals surface area contributed by atoms with Crippen LogP contribution < -0.4 is 10.1 Å². The van der Waals surface area contributed by atoms with E-state index in [1.807, 2.05) is 54.3 Å². The summed E-state index contributed by atoms with van der Waals surface area (Å²) in [7, 11) is 1.62. The molecule has 0 radical (unpaired) electrons. The zero-order valence-electron chi connectivity index (χ0n) is 16.4. The minimum Gasteiger partial charge on any atom is -0.496 e. The van der Waals surface area contributed by atoms with Crippen LogP contribution in [0.15, 0.2) is 42.5 Å². The highest BCUT2D eigenvalue weighted by atomic mass is 16.5. The summed E-state index contributed by atoms with van der Waals surface area (Å²) in [5, 5.41) is 3.00. The fourth-order valence-corrected chi connectivity index (χ4v) is 3.33. The van der Waals surface area contributed by atoms with Gasteiger partial charge in [0.2, 0.25) is 0 Å². The molecule has 2 saturated carbocycles. The first-order valence-corrected chi connectivity index (χ1v) is 9.90. The molecule has 0 atom stereocenters. The third-order valence-corrected chi connectivity index (χ3v) is 5.39. The van der Waals surface area contributed by atoms with Crippen molar-refractivity contribution in [2.45, 2.75) is 51.2 Å². The summed E-state index contributed by atoms with van der Waals surface area (Å²) in [5.74, 6) is 0.736. The molecule has 0 aromatic heterocycles. The topological polar surface area (TPSA) is 58.6 Å². The normalized spacial score (nSPS) is 15.8. The largest absolute Gasteiger partial charge is 0.496 e. The third-order valence-electron chi connectivity index (χ3n) is 5.39. The Balaban J connectivity index is 1.47. The first-order chi connectivity index (χ1) is 13.5. The number of hydrogen-bond donors (Lipinski definition) is 1. The van der Waals surface area contributed by atoms with Crippen LogP contribution in [0.25, 0.3) is 0 Å². The first-order valence-electron chi connectivity index (χ1n) is 9.90. The number of nitrogens with zero attached hydrogens (tertiary/aromatic N) is 1. The number of carbonyl (C=O) groups excluding carboxylic acids is 2. The third kappa shape index (κ3) is 4.19. The molecule has 28 heavy (non-hydrogen) atoms. The standard InChI is InChI=1S/C23H26N2O3/c1-15-3-6-18(13-21(15)28-2)23(27)25(20-11-12-20)14-16-4-7-17(8-5-16)22(26)24-19-9-10-19/h3-8,13,19-20H,9-12,14H2,1-2H3,(H,24,26). The number of ether oxygens (including phenoxy) is 1. The summed E-state index contributed by atoms with van der Waals surface area (Å²) >= 11 is 0. The van der Waals surface area contributed by atoms with E-state index in [2.05, 4.69) is 5.32 Å². The van der Waals surface area contributed by atoms with E-state index >= 15 is 0 Å². The second-order valence-corrected chi connectivity index (χ2v) is 7.79. The highest BCUT2D eigenvalue weighted by Gasteiger charge is 2.33. The molecule has 2 aromatic rings. The summed E-state index contributed by atoms with van der Waals surface area (Å²) in [6.45, 7) is 2.51. The van der Waals surface area contributed by atoms with Crippen molar-refractivity contribution in [2.75, 3.05) is 7.11 Å². The van der Waals surface area contributed by atoms with E-state index < -0.39 is 0 Å². The minimum absolute atomic E-state index is 0.0177. The van der Waals surface area contributed by atoms with Crippen LogP contribution in [0.3, 0.4) is 0 Å². The zero-order valence-corrected chi connectivity index (χ0v) is 16.4. The van der Waals surface area contributed by atoms with Crippen molar-refractivity contribution in [1.82, 2.24) is 10.2 Å². The summed E-state index contributed by atoms with van der Waals surface area (Å²) in [6.07, 6.45) is 4.23. The molecule has 5 heteroatoms. The van der Waals surface area contributed by atoms with E-state index in [0.717, 1.165) is 42.6 Å². The predicted molar refractivity (Wildman–Crippen MR) is 108 cm³/mol. The second-order valence-electron chi connectivity index (χ2n) is 7.79. The van der Waals surface area contributed by atoms with Gasteiger partial charge in [0.1, 0.15) is 5.75 Å². The van der Waals surface area contributed by atoms with Crippen LogP contribution in [0.4, 0.5) is 0 Å². The van der Waals surface area contributed by atoms with E-state index in [4.69, 9.17) is 4.74 Å². The Bertz CT molecular complexity index is 883. The molecule has 5 nitrogen and oxygen atoms in total. The number of methoxy groups -OCH3 is 1. The number of nitrogens with one attached hydrogen (secondary N) is 1. The molecule has 146 valence electrons. The average molecular weight is 378 g/mol. The van der Waals surface area contributed by atoms with Crippen molar-refractivity contribution in [3.05, 3.63) is 64.7 Å². The van der Waals surface area contributed by atoms with Crippen molar-refractivity contribution < 1.29 is 14.3 Å². The number of carbonyl (C=O) groups is 2. The molecule has 2 amide bonds. The molecule has 0 spiro atoms. The Morgan fingerprint density at radius 3 is 2.32 bits per heavy atom. The molecule has 1 N–H and O–H groups in total. The quantitative estimate of drug-likeness (QED) is 0.799. The lowest BCUT2D eigenvalue weighted by atomic mass is 10.1. The number of amides is 2. The minimum atomic E-state index is -0.0177. The van der Waals surface area contributed by atoms with Gasteiger partial charge < -0.3 is 15.0 Å². The van der Waals surface area contributed by atoms with Crippen LogP contribution in [-0.2, 0) is 6.54 Å². The smallest absolute Gasteiger partial charge is 0.254 e. The summed E-state index contributed by atoms with van der Waals surface area (Å²) in [6, 6.07) is 13.8. The van der Waals surface area contributed by atoms with E-state index in [1.165, 1.54) is 0 Å². The number of rotatable bonds is 7. The molecule has 2 aliphatic rings. The molecule has 0 aliphatic heterocycles. The van der Waals surface area contributed by atoms with Gasteiger partial charge in [-0.25, -0.2) is 0 Å². The van der Waals surface area contributed by atoms with E-state index in [-0.39, 0.29) is 17.9 Å². The molecular weight excluding hydrogens is 352 g/mol. The van der Waals surface area contributed by atoms with E-state index in [0.29, 0.717) is 23.7 Å². The van der Waals surface area contributed by atoms with Gasteiger partial charge in [0.25, 0.3) is 11.8 Å². The molecule has 2 aromatic carbocycles. The van der Waals surface area contributed by atoms with Gasteiger partial charge >= 0.3 is 0 Å². The summed E-state index contributed by atoms with van der Waals surface area (Å²) in [4.78, 5) is 27.2. The van der Waals surface area contributed by atoms with Gasteiger partial charge in [0, 0.05) is 29.8 Å². The van der Waals surface area contributed by atoms with Crippen LogP contribution in [-0.4, -0.2) is 35.9 Å². The fourth-order valence-electron chi connectivity index (χ4n) is 3.33. The highest BCUT2D eigenvalue weighted by molar-refractivity contribution is 5.95. The molecule has 0 bridgehead atoms. The monoisotopic (exact) mass is 378 g/mol. The van der Waals surface area contributed by atoms with Gasteiger partial charge in [0.15, 0.2) is 0 Å². The van der Waals surface area contributed by atoms with Gasteiger partial charge in [-0.15, -0.1) is 0 Å². The van der Waals surface area contributed by atoms with Crippen LogP contribution in [0.1, 0.15) is 57.5 Å². The van der Waals surface area contributed by atoms with Crippen molar-refractivity contribution in [2.24, 2.45) is 0 Å². The van der Waals surface area contributed by atoms with Gasteiger partial charge in [0.05, 0.1) is 7.11 Å². The highest BCUT2D eigenvalue weighted by Crippen LogP contribution is 2.31. The van der Waals surface area contributed by atoms with Gasteiger partial charge in [-0.05, 0) is 68.0 Å².